The second kappa shape index (κ2) is 9.30. The van der Waals surface area contributed by atoms with Gasteiger partial charge in [-0.05, 0) is 54.7 Å². The van der Waals surface area contributed by atoms with Gasteiger partial charge in [0.15, 0.2) is 0 Å². The number of aromatic amines is 1. The number of hydrogen-bond donors (Lipinski definition) is 2. The highest BCUT2D eigenvalue weighted by atomic mass is 16.5. The lowest BCUT2D eigenvalue weighted by molar-refractivity contribution is -0.139. The van der Waals surface area contributed by atoms with Crippen molar-refractivity contribution in [3.8, 4) is 11.5 Å². The highest BCUT2D eigenvalue weighted by molar-refractivity contribution is 5.94. The number of amides is 1. The van der Waals surface area contributed by atoms with Crippen molar-refractivity contribution >= 4 is 22.9 Å². The van der Waals surface area contributed by atoms with Crippen LogP contribution in [0.15, 0.2) is 42.5 Å². The number of likely N-dealkylation sites (tertiary alicyclic amines) is 1. The van der Waals surface area contributed by atoms with Gasteiger partial charge >= 0.3 is 5.97 Å². The number of carbonyl (C=O) groups excluding carboxylic acids is 1. The zero-order chi connectivity index (χ0) is 22.7. The number of carbonyl (C=O) groups is 2. The molecule has 3 aromatic rings. The topological polar surface area (TPSA) is 105 Å². The Morgan fingerprint density at radius 3 is 2.59 bits per heavy atom. The molecule has 1 aromatic heterocycles. The molecule has 0 radical (unpaired) electrons. The lowest BCUT2D eigenvalue weighted by Gasteiger charge is -2.38. The maximum absolute atomic E-state index is 13.1. The molecule has 0 bridgehead atoms. The minimum atomic E-state index is -0.818. The Hall–Kier alpha value is -3.55. The van der Waals surface area contributed by atoms with Crippen LogP contribution in [0, 0.1) is 11.8 Å². The van der Waals surface area contributed by atoms with E-state index < -0.39 is 5.97 Å². The van der Waals surface area contributed by atoms with E-state index in [9.17, 15) is 14.7 Å². The number of methoxy groups -OCH3 is 2. The first-order valence-electron chi connectivity index (χ1n) is 10.6. The van der Waals surface area contributed by atoms with Gasteiger partial charge in [-0.1, -0.05) is 6.07 Å². The van der Waals surface area contributed by atoms with E-state index >= 15 is 0 Å². The van der Waals surface area contributed by atoms with Gasteiger partial charge in [0.05, 0.1) is 19.7 Å². The molecule has 8 nitrogen and oxygen atoms in total. The molecule has 0 unspecified atom stereocenters. The standard InChI is InChI=1S/C24H27N3O5/c1-31-18-8-6-15(7-9-18)24(30)27-11-10-16(13-22(28)29)17(14-27)12-21-25-19-4-3-5-20(32-2)23(19)26-21/h3-9,16-17H,10-14H2,1-2H3,(H,25,26)(H,28,29)/t16-,17-/m0/s1. The summed E-state index contributed by atoms with van der Waals surface area (Å²) in [6, 6.07) is 12.7. The number of para-hydroxylation sites is 1. The Bertz CT molecular complexity index is 1110. The van der Waals surface area contributed by atoms with Crippen LogP contribution >= 0.6 is 0 Å². The summed E-state index contributed by atoms with van der Waals surface area (Å²) in [4.78, 5) is 34.4. The Morgan fingerprint density at radius 1 is 1.12 bits per heavy atom. The fourth-order valence-electron chi connectivity index (χ4n) is 4.47. The van der Waals surface area contributed by atoms with Crippen LogP contribution < -0.4 is 9.47 Å². The van der Waals surface area contributed by atoms with E-state index in [1.165, 1.54) is 0 Å². The molecule has 168 valence electrons. The SMILES string of the molecule is COc1ccc(C(=O)N2CC[C@@H](CC(=O)O)[C@@H](Cc3nc4c(OC)cccc4[nH]3)C2)cc1. The first-order chi connectivity index (χ1) is 15.5. The summed E-state index contributed by atoms with van der Waals surface area (Å²) in [6.07, 6.45) is 1.28. The number of nitrogens with one attached hydrogen (secondary N) is 1. The summed E-state index contributed by atoms with van der Waals surface area (Å²) >= 11 is 0. The minimum absolute atomic E-state index is 0.0198. The lowest BCUT2D eigenvalue weighted by atomic mass is 9.81. The number of carboxylic acid groups (broad SMARTS) is 1. The Morgan fingerprint density at radius 2 is 1.91 bits per heavy atom. The molecule has 1 aliphatic heterocycles. The predicted octanol–water partition coefficient (Wildman–Crippen LogP) is 3.38. The van der Waals surface area contributed by atoms with Crippen molar-refractivity contribution < 1.29 is 24.2 Å². The van der Waals surface area contributed by atoms with E-state index in [1.807, 2.05) is 23.1 Å². The number of piperidine rings is 1. The average molecular weight is 437 g/mol. The minimum Gasteiger partial charge on any atom is -0.497 e. The number of nitrogens with zero attached hydrogens (tertiary/aromatic N) is 2. The van der Waals surface area contributed by atoms with Gasteiger partial charge in [-0.3, -0.25) is 9.59 Å². The first kappa shape index (κ1) is 21.7. The number of H-pyrrole nitrogens is 1. The van der Waals surface area contributed by atoms with E-state index in [0.717, 1.165) is 16.9 Å². The van der Waals surface area contributed by atoms with Gasteiger partial charge in [0.1, 0.15) is 22.8 Å². The van der Waals surface area contributed by atoms with Crippen molar-refractivity contribution in [2.24, 2.45) is 11.8 Å². The predicted molar refractivity (Wildman–Crippen MR) is 119 cm³/mol. The average Bonchev–Trinajstić information content (AvgIpc) is 3.22. The largest absolute Gasteiger partial charge is 0.497 e. The van der Waals surface area contributed by atoms with Gasteiger partial charge in [-0.15, -0.1) is 0 Å². The van der Waals surface area contributed by atoms with Crippen molar-refractivity contribution in [3.63, 3.8) is 0 Å². The number of hydrogen-bond acceptors (Lipinski definition) is 5. The number of ether oxygens (including phenoxy) is 2. The van der Waals surface area contributed by atoms with Gasteiger partial charge in [0, 0.05) is 31.5 Å². The molecule has 1 aliphatic rings. The normalized spacial score (nSPS) is 18.5. The third kappa shape index (κ3) is 4.54. The third-order valence-corrected chi connectivity index (χ3v) is 6.15. The molecule has 1 fully saturated rings. The number of rotatable bonds is 7. The van der Waals surface area contributed by atoms with E-state index in [4.69, 9.17) is 14.5 Å². The van der Waals surface area contributed by atoms with Crippen LogP contribution in [-0.4, -0.2) is 59.2 Å². The van der Waals surface area contributed by atoms with Crippen LogP contribution in [0.3, 0.4) is 0 Å². The summed E-state index contributed by atoms with van der Waals surface area (Å²) in [5.74, 6) is 1.23. The summed E-state index contributed by atoms with van der Waals surface area (Å²) in [7, 11) is 3.19. The molecule has 1 saturated heterocycles. The molecule has 2 N–H and O–H groups in total. The van der Waals surface area contributed by atoms with Gasteiger partial charge in [0.2, 0.25) is 0 Å². The summed E-state index contributed by atoms with van der Waals surface area (Å²) in [5.41, 5.74) is 2.22. The molecule has 2 aromatic carbocycles. The maximum Gasteiger partial charge on any atom is 0.303 e. The maximum atomic E-state index is 13.1. The quantitative estimate of drug-likeness (QED) is 0.587. The van der Waals surface area contributed by atoms with Crippen LogP contribution in [0.2, 0.25) is 0 Å². The van der Waals surface area contributed by atoms with E-state index in [2.05, 4.69) is 4.98 Å². The van der Waals surface area contributed by atoms with Gasteiger partial charge in [-0.25, -0.2) is 4.98 Å². The highest BCUT2D eigenvalue weighted by Crippen LogP contribution is 2.31. The summed E-state index contributed by atoms with van der Waals surface area (Å²) in [6.45, 7) is 1.02. The molecule has 2 heterocycles. The fraction of sp³-hybridized carbons (Fsp3) is 0.375. The fourth-order valence-corrected chi connectivity index (χ4v) is 4.47. The van der Waals surface area contributed by atoms with Crippen LogP contribution in [0.25, 0.3) is 11.0 Å². The second-order valence-electron chi connectivity index (χ2n) is 8.13. The smallest absolute Gasteiger partial charge is 0.303 e. The second-order valence-corrected chi connectivity index (χ2v) is 8.13. The van der Waals surface area contributed by atoms with E-state index in [0.29, 0.717) is 43.0 Å². The summed E-state index contributed by atoms with van der Waals surface area (Å²) in [5, 5.41) is 9.40. The third-order valence-electron chi connectivity index (χ3n) is 6.15. The van der Waals surface area contributed by atoms with Crippen molar-refractivity contribution in [3.05, 3.63) is 53.9 Å². The van der Waals surface area contributed by atoms with Crippen molar-refractivity contribution in [2.75, 3.05) is 27.3 Å². The Balaban J connectivity index is 1.55. The number of aliphatic carboxylic acids is 1. The van der Waals surface area contributed by atoms with Crippen LogP contribution in [0.5, 0.6) is 11.5 Å². The van der Waals surface area contributed by atoms with Gasteiger partial charge in [0.25, 0.3) is 5.91 Å². The van der Waals surface area contributed by atoms with Gasteiger partial charge < -0.3 is 24.5 Å². The first-order valence-corrected chi connectivity index (χ1v) is 10.6. The molecule has 1 amide bonds. The molecular weight excluding hydrogens is 410 g/mol. The van der Waals surface area contributed by atoms with Crippen molar-refractivity contribution in [1.82, 2.24) is 14.9 Å². The highest BCUT2D eigenvalue weighted by Gasteiger charge is 2.34. The zero-order valence-electron chi connectivity index (χ0n) is 18.2. The molecule has 8 heteroatoms. The molecule has 32 heavy (non-hydrogen) atoms. The van der Waals surface area contributed by atoms with E-state index in [-0.39, 0.29) is 24.2 Å². The lowest BCUT2D eigenvalue weighted by Crippen LogP contribution is -2.45. The van der Waals surface area contributed by atoms with Crippen molar-refractivity contribution in [2.45, 2.75) is 19.3 Å². The number of carboxylic acids is 1. The number of fused-ring (bicyclic) bond motifs is 1. The van der Waals surface area contributed by atoms with Crippen molar-refractivity contribution in [1.29, 1.82) is 0 Å². The van der Waals surface area contributed by atoms with E-state index in [1.54, 1.807) is 38.5 Å². The zero-order valence-corrected chi connectivity index (χ0v) is 18.2. The monoisotopic (exact) mass is 437 g/mol. The Kier molecular flexibility index (Phi) is 6.30. The molecule has 0 spiro atoms. The number of imidazole rings is 1. The number of benzene rings is 2. The Labute approximate surface area is 186 Å². The molecule has 0 saturated carbocycles. The molecule has 4 rings (SSSR count). The molecule has 0 aliphatic carbocycles. The van der Waals surface area contributed by atoms with Crippen LogP contribution in [0.1, 0.15) is 29.0 Å². The number of aromatic nitrogens is 2. The molecule has 2 atom stereocenters. The van der Waals surface area contributed by atoms with Crippen LogP contribution in [0.4, 0.5) is 0 Å². The van der Waals surface area contributed by atoms with Crippen LogP contribution in [-0.2, 0) is 11.2 Å². The molecular formula is C24H27N3O5. The van der Waals surface area contributed by atoms with Gasteiger partial charge in [-0.2, -0.15) is 0 Å². The summed E-state index contributed by atoms with van der Waals surface area (Å²) < 4.78 is 10.6.